The van der Waals surface area contributed by atoms with Crippen LogP contribution < -0.4 is 5.01 Å². The summed E-state index contributed by atoms with van der Waals surface area (Å²) in [4.78, 5) is 26.3. The van der Waals surface area contributed by atoms with E-state index in [-0.39, 0.29) is 11.8 Å². The zero-order chi connectivity index (χ0) is 19.1. The summed E-state index contributed by atoms with van der Waals surface area (Å²) >= 11 is 0. The van der Waals surface area contributed by atoms with Gasteiger partial charge in [-0.25, -0.2) is 4.68 Å². The first-order chi connectivity index (χ1) is 13.8. The second-order valence-corrected chi connectivity index (χ2v) is 6.62. The zero-order valence-corrected chi connectivity index (χ0v) is 14.9. The fraction of sp³-hybridized carbons (Fsp3) is 0. The van der Waals surface area contributed by atoms with Crippen molar-refractivity contribution in [3.05, 3.63) is 108 Å². The Morgan fingerprint density at radius 2 is 0.857 bits per heavy atom. The smallest absolute Gasteiger partial charge is 0.267 e. The van der Waals surface area contributed by atoms with Crippen LogP contribution in [-0.4, -0.2) is 16.5 Å². The van der Waals surface area contributed by atoms with E-state index in [1.165, 1.54) is 5.01 Å². The lowest BCUT2D eigenvalue weighted by molar-refractivity contribution is 0.0888. The summed E-state index contributed by atoms with van der Waals surface area (Å²) < 4.78 is 1.73. The number of hydrogen-bond donors (Lipinski definition) is 0. The van der Waals surface area contributed by atoms with Crippen LogP contribution in [0.2, 0.25) is 0 Å². The lowest BCUT2D eigenvalue weighted by Crippen LogP contribution is -2.40. The molecule has 2 amide bonds. The van der Waals surface area contributed by atoms with Gasteiger partial charge in [0.15, 0.2) is 0 Å². The van der Waals surface area contributed by atoms with Gasteiger partial charge in [0.25, 0.3) is 11.8 Å². The molecule has 0 saturated heterocycles. The van der Waals surface area contributed by atoms with Crippen molar-refractivity contribution >= 4 is 11.8 Å². The molecule has 0 N–H and O–H groups in total. The molecule has 2 heterocycles. The van der Waals surface area contributed by atoms with Crippen LogP contribution in [0.5, 0.6) is 0 Å². The quantitative estimate of drug-likeness (QED) is 0.492. The predicted octanol–water partition coefficient (Wildman–Crippen LogP) is 4.75. The first-order valence-electron chi connectivity index (χ1n) is 9.06. The van der Waals surface area contributed by atoms with E-state index in [0.717, 1.165) is 22.5 Å². The molecule has 5 rings (SSSR count). The molecule has 4 nitrogen and oxygen atoms in total. The van der Waals surface area contributed by atoms with E-state index in [4.69, 9.17) is 0 Å². The normalized spacial score (nSPS) is 13.1. The van der Waals surface area contributed by atoms with Crippen LogP contribution in [0.25, 0.3) is 22.5 Å². The summed E-state index contributed by atoms with van der Waals surface area (Å²) in [6.07, 6.45) is 0. The number of amides is 2. The minimum Gasteiger partial charge on any atom is -0.267 e. The molecular weight excluding hydrogens is 348 g/mol. The number of imide groups is 1. The van der Waals surface area contributed by atoms with E-state index in [9.17, 15) is 9.59 Å². The maximum absolute atomic E-state index is 13.2. The Bertz CT molecular complexity index is 1100. The monoisotopic (exact) mass is 364 g/mol. The standard InChI is InChI=1S/C24H16N2O2/c27-23-19-13-7-8-14-20(19)24(28)26(23)25-21(17-9-3-1-4-10-17)15-16-22(25)18-11-5-2-6-12-18/h1-16H. The summed E-state index contributed by atoms with van der Waals surface area (Å²) in [6, 6.07) is 30.4. The predicted molar refractivity (Wildman–Crippen MR) is 109 cm³/mol. The van der Waals surface area contributed by atoms with E-state index in [0.29, 0.717) is 11.1 Å². The van der Waals surface area contributed by atoms with Crippen molar-refractivity contribution in [2.24, 2.45) is 0 Å². The number of rotatable bonds is 3. The molecule has 0 aliphatic carbocycles. The Labute approximate surface area is 162 Å². The number of hydrogen-bond acceptors (Lipinski definition) is 2. The molecule has 1 aliphatic rings. The van der Waals surface area contributed by atoms with Crippen LogP contribution in [0.4, 0.5) is 0 Å². The second kappa shape index (κ2) is 6.35. The van der Waals surface area contributed by atoms with Crippen LogP contribution in [0, 0.1) is 0 Å². The minimum absolute atomic E-state index is 0.314. The van der Waals surface area contributed by atoms with Gasteiger partial charge in [0.2, 0.25) is 0 Å². The first-order valence-corrected chi connectivity index (χ1v) is 9.06. The summed E-state index contributed by atoms with van der Waals surface area (Å²) in [5, 5.41) is 1.25. The van der Waals surface area contributed by atoms with Crippen LogP contribution in [-0.2, 0) is 0 Å². The Balaban J connectivity index is 1.76. The molecular formula is C24H16N2O2. The van der Waals surface area contributed by atoms with E-state index in [2.05, 4.69) is 0 Å². The number of carbonyl (C=O) groups is 2. The first kappa shape index (κ1) is 16.3. The molecule has 1 aromatic heterocycles. The molecule has 0 spiro atoms. The number of nitrogens with zero attached hydrogens (tertiary/aromatic N) is 2. The summed E-state index contributed by atoms with van der Waals surface area (Å²) in [5.41, 5.74) is 4.30. The van der Waals surface area contributed by atoms with Crippen molar-refractivity contribution in [1.82, 2.24) is 4.68 Å². The van der Waals surface area contributed by atoms with Crippen LogP contribution >= 0.6 is 0 Å². The fourth-order valence-corrected chi connectivity index (χ4v) is 3.66. The Kier molecular flexibility index (Phi) is 3.69. The molecule has 28 heavy (non-hydrogen) atoms. The van der Waals surface area contributed by atoms with Gasteiger partial charge in [-0.05, 0) is 24.3 Å². The third-order valence-corrected chi connectivity index (χ3v) is 4.97. The summed E-state index contributed by atoms with van der Waals surface area (Å²) in [5.74, 6) is -0.627. The van der Waals surface area contributed by atoms with Crippen molar-refractivity contribution in [3.8, 4) is 22.5 Å². The molecule has 0 saturated carbocycles. The highest BCUT2D eigenvalue weighted by Gasteiger charge is 2.38. The molecule has 0 fully saturated rings. The summed E-state index contributed by atoms with van der Waals surface area (Å²) in [6.45, 7) is 0. The van der Waals surface area contributed by atoms with Gasteiger partial charge in [0, 0.05) is 11.1 Å². The maximum atomic E-state index is 13.2. The van der Waals surface area contributed by atoms with Crippen molar-refractivity contribution in [2.75, 3.05) is 5.01 Å². The molecule has 0 atom stereocenters. The average molecular weight is 364 g/mol. The van der Waals surface area contributed by atoms with E-state index >= 15 is 0 Å². The highest BCUT2D eigenvalue weighted by Crippen LogP contribution is 2.32. The van der Waals surface area contributed by atoms with Crippen molar-refractivity contribution < 1.29 is 9.59 Å². The van der Waals surface area contributed by atoms with Gasteiger partial charge in [-0.3, -0.25) is 9.59 Å². The molecule has 134 valence electrons. The van der Waals surface area contributed by atoms with Crippen molar-refractivity contribution in [3.63, 3.8) is 0 Å². The Morgan fingerprint density at radius 1 is 0.464 bits per heavy atom. The third kappa shape index (κ3) is 2.39. The fourth-order valence-electron chi connectivity index (χ4n) is 3.66. The third-order valence-electron chi connectivity index (χ3n) is 4.97. The molecule has 0 bridgehead atoms. The van der Waals surface area contributed by atoms with Gasteiger partial charge in [0.1, 0.15) is 0 Å². The van der Waals surface area contributed by atoms with Crippen molar-refractivity contribution in [1.29, 1.82) is 0 Å². The van der Waals surface area contributed by atoms with Gasteiger partial charge in [-0.1, -0.05) is 72.8 Å². The van der Waals surface area contributed by atoms with Gasteiger partial charge in [-0.15, -0.1) is 0 Å². The maximum Gasteiger partial charge on any atom is 0.281 e. The molecule has 4 heteroatoms. The molecule has 1 aliphatic heterocycles. The Morgan fingerprint density at radius 3 is 1.29 bits per heavy atom. The number of fused-ring (bicyclic) bond motifs is 1. The lowest BCUT2D eigenvalue weighted by Gasteiger charge is -2.22. The second-order valence-electron chi connectivity index (χ2n) is 6.62. The SMILES string of the molecule is O=C1c2ccccc2C(=O)N1n1c(-c2ccccc2)ccc1-c1ccccc1. The molecule has 3 aromatic carbocycles. The lowest BCUT2D eigenvalue weighted by atomic mass is 10.1. The van der Waals surface area contributed by atoms with Gasteiger partial charge in [0.05, 0.1) is 22.5 Å². The number of benzene rings is 3. The molecule has 4 aromatic rings. The number of carbonyl (C=O) groups excluding carboxylic acids is 2. The topological polar surface area (TPSA) is 42.3 Å². The largest absolute Gasteiger partial charge is 0.281 e. The molecule has 0 unspecified atom stereocenters. The highest BCUT2D eigenvalue weighted by atomic mass is 16.2. The average Bonchev–Trinajstić information content (AvgIpc) is 3.29. The zero-order valence-electron chi connectivity index (χ0n) is 14.9. The van der Waals surface area contributed by atoms with Crippen LogP contribution in [0.15, 0.2) is 97.1 Å². The minimum atomic E-state index is -0.314. The van der Waals surface area contributed by atoms with Crippen LogP contribution in [0.1, 0.15) is 20.7 Å². The van der Waals surface area contributed by atoms with Gasteiger partial charge < -0.3 is 0 Å². The molecule has 0 radical (unpaired) electrons. The van der Waals surface area contributed by atoms with E-state index in [1.54, 1.807) is 28.9 Å². The van der Waals surface area contributed by atoms with Crippen molar-refractivity contribution in [2.45, 2.75) is 0 Å². The number of aromatic nitrogens is 1. The van der Waals surface area contributed by atoms with Crippen LogP contribution in [0.3, 0.4) is 0 Å². The van der Waals surface area contributed by atoms with Gasteiger partial charge >= 0.3 is 0 Å². The van der Waals surface area contributed by atoms with E-state index < -0.39 is 0 Å². The van der Waals surface area contributed by atoms with Gasteiger partial charge in [-0.2, -0.15) is 5.01 Å². The summed E-state index contributed by atoms with van der Waals surface area (Å²) in [7, 11) is 0. The Hall–Kier alpha value is -3.92. The van der Waals surface area contributed by atoms with E-state index in [1.807, 2.05) is 72.8 Å². The highest BCUT2D eigenvalue weighted by molar-refractivity contribution is 6.31.